The van der Waals surface area contributed by atoms with Crippen molar-refractivity contribution in [1.29, 1.82) is 0 Å². The number of H-pyrrole nitrogens is 1. The summed E-state index contributed by atoms with van der Waals surface area (Å²) in [7, 11) is 1.51. The minimum absolute atomic E-state index is 0.0103. The van der Waals surface area contributed by atoms with E-state index in [9.17, 15) is 9.59 Å². The van der Waals surface area contributed by atoms with Crippen molar-refractivity contribution in [1.82, 2.24) is 20.2 Å². The lowest BCUT2D eigenvalue weighted by Gasteiger charge is -2.31. The molecule has 2 amide bonds. The third-order valence-electron chi connectivity index (χ3n) is 4.26. The van der Waals surface area contributed by atoms with E-state index in [1.807, 2.05) is 13.8 Å². The molecule has 1 aromatic rings. The van der Waals surface area contributed by atoms with Crippen molar-refractivity contribution in [3.05, 3.63) is 17.7 Å². The number of rotatable bonds is 6. The molecule has 1 fully saturated rings. The van der Waals surface area contributed by atoms with Crippen LogP contribution in [0.25, 0.3) is 0 Å². The molecule has 23 heavy (non-hydrogen) atoms. The first-order valence-electron chi connectivity index (χ1n) is 8.13. The SMILES string of the molecule is CCC(NC(=O)C1CCN(C(=O)COC)CC1)c1ncc(C)[nH]1. The molecule has 7 nitrogen and oxygen atoms in total. The van der Waals surface area contributed by atoms with Crippen molar-refractivity contribution in [2.75, 3.05) is 26.8 Å². The summed E-state index contributed by atoms with van der Waals surface area (Å²) in [5.74, 6) is 0.784. The van der Waals surface area contributed by atoms with Gasteiger partial charge < -0.3 is 19.9 Å². The van der Waals surface area contributed by atoms with Crippen LogP contribution in [0.1, 0.15) is 43.7 Å². The minimum Gasteiger partial charge on any atom is -0.375 e. The van der Waals surface area contributed by atoms with Gasteiger partial charge in [-0.2, -0.15) is 0 Å². The number of aromatic amines is 1. The summed E-state index contributed by atoms with van der Waals surface area (Å²) >= 11 is 0. The van der Waals surface area contributed by atoms with E-state index in [1.54, 1.807) is 11.1 Å². The highest BCUT2D eigenvalue weighted by Gasteiger charge is 2.28. The highest BCUT2D eigenvalue weighted by atomic mass is 16.5. The fourth-order valence-electron chi connectivity index (χ4n) is 2.87. The zero-order chi connectivity index (χ0) is 16.8. The van der Waals surface area contributed by atoms with E-state index in [2.05, 4.69) is 15.3 Å². The van der Waals surface area contributed by atoms with Gasteiger partial charge in [0, 0.05) is 38.0 Å². The number of hydrogen-bond acceptors (Lipinski definition) is 4. The van der Waals surface area contributed by atoms with Gasteiger partial charge in [0.25, 0.3) is 0 Å². The Morgan fingerprint density at radius 1 is 1.48 bits per heavy atom. The predicted octanol–water partition coefficient (Wildman–Crippen LogP) is 1.17. The summed E-state index contributed by atoms with van der Waals surface area (Å²) in [5.41, 5.74) is 0.984. The van der Waals surface area contributed by atoms with E-state index in [4.69, 9.17) is 4.74 Å². The maximum atomic E-state index is 12.5. The molecule has 0 spiro atoms. The van der Waals surface area contributed by atoms with Crippen LogP contribution >= 0.6 is 0 Å². The van der Waals surface area contributed by atoms with Gasteiger partial charge in [0.2, 0.25) is 11.8 Å². The first-order chi connectivity index (χ1) is 11.0. The highest BCUT2D eigenvalue weighted by Crippen LogP contribution is 2.20. The second-order valence-electron chi connectivity index (χ2n) is 6.01. The van der Waals surface area contributed by atoms with Gasteiger partial charge in [-0.15, -0.1) is 0 Å². The van der Waals surface area contributed by atoms with E-state index < -0.39 is 0 Å². The molecule has 0 aliphatic carbocycles. The smallest absolute Gasteiger partial charge is 0.248 e. The number of nitrogens with zero attached hydrogens (tertiary/aromatic N) is 2. The third kappa shape index (κ3) is 4.54. The van der Waals surface area contributed by atoms with Crippen LogP contribution in [-0.4, -0.2) is 53.5 Å². The van der Waals surface area contributed by atoms with E-state index in [0.29, 0.717) is 25.9 Å². The number of carbonyl (C=O) groups is 2. The van der Waals surface area contributed by atoms with Gasteiger partial charge in [-0.3, -0.25) is 9.59 Å². The third-order valence-corrected chi connectivity index (χ3v) is 4.26. The highest BCUT2D eigenvalue weighted by molar-refractivity contribution is 5.80. The Morgan fingerprint density at radius 3 is 2.70 bits per heavy atom. The summed E-state index contributed by atoms with van der Waals surface area (Å²) in [4.78, 5) is 33.5. The van der Waals surface area contributed by atoms with Crippen molar-refractivity contribution in [3.63, 3.8) is 0 Å². The van der Waals surface area contributed by atoms with Crippen LogP contribution in [0.2, 0.25) is 0 Å². The summed E-state index contributed by atoms with van der Waals surface area (Å²) in [6.07, 6.45) is 3.93. The van der Waals surface area contributed by atoms with Gasteiger partial charge in [-0.1, -0.05) is 6.92 Å². The van der Waals surface area contributed by atoms with E-state index in [-0.39, 0.29) is 30.4 Å². The number of ether oxygens (including phenoxy) is 1. The molecule has 0 aromatic carbocycles. The molecule has 0 bridgehead atoms. The summed E-state index contributed by atoms with van der Waals surface area (Å²) in [5, 5.41) is 3.07. The average molecular weight is 322 g/mol. The molecule has 128 valence electrons. The van der Waals surface area contributed by atoms with Gasteiger partial charge in [0.05, 0.1) is 6.04 Å². The summed E-state index contributed by atoms with van der Waals surface area (Å²) in [6, 6.07) is -0.0932. The Hall–Kier alpha value is -1.89. The molecule has 1 aromatic heterocycles. The van der Waals surface area contributed by atoms with Gasteiger partial charge >= 0.3 is 0 Å². The molecule has 2 N–H and O–H groups in total. The Balaban J connectivity index is 1.86. The maximum Gasteiger partial charge on any atom is 0.248 e. The molecule has 7 heteroatoms. The number of methoxy groups -OCH3 is 1. The van der Waals surface area contributed by atoms with Crippen LogP contribution in [0.15, 0.2) is 6.20 Å². The topological polar surface area (TPSA) is 87.3 Å². The van der Waals surface area contributed by atoms with Crippen LogP contribution < -0.4 is 5.32 Å². The molecule has 1 aliphatic rings. The summed E-state index contributed by atoms with van der Waals surface area (Å²) < 4.78 is 4.87. The average Bonchev–Trinajstić information content (AvgIpc) is 2.99. The van der Waals surface area contributed by atoms with Crippen molar-refractivity contribution in [2.45, 2.75) is 39.2 Å². The predicted molar refractivity (Wildman–Crippen MR) is 85.7 cm³/mol. The first kappa shape index (κ1) is 17.5. The normalized spacial score (nSPS) is 17.1. The van der Waals surface area contributed by atoms with E-state index >= 15 is 0 Å². The zero-order valence-corrected chi connectivity index (χ0v) is 14.1. The molecular weight excluding hydrogens is 296 g/mol. The Bertz CT molecular complexity index is 535. The Morgan fingerprint density at radius 2 is 2.17 bits per heavy atom. The minimum atomic E-state index is -0.0932. The Labute approximate surface area is 136 Å². The van der Waals surface area contributed by atoms with Gasteiger partial charge in [0.1, 0.15) is 12.4 Å². The maximum absolute atomic E-state index is 12.5. The second-order valence-corrected chi connectivity index (χ2v) is 6.01. The van der Waals surface area contributed by atoms with Crippen LogP contribution in [0, 0.1) is 12.8 Å². The number of nitrogens with one attached hydrogen (secondary N) is 2. The summed E-state index contributed by atoms with van der Waals surface area (Å²) in [6.45, 7) is 5.28. The van der Waals surface area contributed by atoms with E-state index in [0.717, 1.165) is 17.9 Å². The monoisotopic (exact) mass is 322 g/mol. The van der Waals surface area contributed by atoms with Crippen molar-refractivity contribution >= 4 is 11.8 Å². The number of hydrogen-bond donors (Lipinski definition) is 2. The zero-order valence-electron chi connectivity index (χ0n) is 14.1. The fourth-order valence-corrected chi connectivity index (χ4v) is 2.87. The van der Waals surface area contributed by atoms with Gasteiger partial charge in [-0.25, -0.2) is 4.98 Å². The molecule has 1 saturated heterocycles. The largest absolute Gasteiger partial charge is 0.375 e. The molecule has 1 unspecified atom stereocenters. The number of amides is 2. The fraction of sp³-hybridized carbons (Fsp3) is 0.688. The lowest BCUT2D eigenvalue weighted by Crippen LogP contribution is -2.44. The quantitative estimate of drug-likeness (QED) is 0.823. The van der Waals surface area contributed by atoms with Gasteiger partial charge in [0.15, 0.2) is 0 Å². The lowest BCUT2D eigenvalue weighted by molar-refractivity contribution is -0.138. The number of aromatic nitrogens is 2. The van der Waals surface area contributed by atoms with Crippen LogP contribution in [-0.2, 0) is 14.3 Å². The molecule has 1 aliphatic heterocycles. The molecule has 2 heterocycles. The number of carbonyl (C=O) groups excluding carboxylic acids is 2. The molecule has 0 radical (unpaired) electrons. The Kier molecular flexibility index (Phi) is 6.15. The first-order valence-corrected chi connectivity index (χ1v) is 8.13. The number of aryl methyl sites for hydroxylation is 1. The van der Waals surface area contributed by atoms with Crippen LogP contribution in [0.3, 0.4) is 0 Å². The van der Waals surface area contributed by atoms with Gasteiger partial charge in [-0.05, 0) is 26.2 Å². The number of likely N-dealkylation sites (tertiary alicyclic amines) is 1. The molecular formula is C16H26N4O3. The number of imidazole rings is 1. The second kappa shape index (κ2) is 8.10. The number of piperidine rings is 1. The van der Waals surface area contributed by atoms with Crippen molar-refractivity contribution in [2.24, 2.45) is 5.92 Å². The van der Waals surface area contributed by atoms with Crippen molar-refractivity contribution in [3.8, 4) is 0 Å². The molecule has 2 rings (SSSR count). The lowest BCUT2D eigenvalue weighted by atomic mass is 9.95. The van der Waals surface area contributed by atoms with Crippen molar-refractivity contribution < 1.29 is 14.3 Å². The van der Waals surface area contributed by atoms with E-state index in [1.165, 1.54) is 7.11 Å². The van der Waals surface area contributed by atoms with Crippen LogP contribution in [0.4, 0.5) is 0 Å². The molecule has 0 saturated carbocycles. The molecule has 1 atom stereocenters. The standard InChI is InChI=1S/C16H26N4O3/c1-4-13(15-17-9-11(2)18-15)19-16(22)12-5-7-20(8-6-12)14(21)10-23-3/h9,12-13H,4-8,10H2,1-3H3,(H,17,18)(H,19,22). The van der Waals surface area contributed by atoms with Crippen LogP contribution in [0.5, 0.6) is 0 Å².